The topological polar surface area (TPSA) is 76.1 Å². The molecule has 0 bridgehead atoms. The van der Waals surface area contributed by atoms with Gasteiger partial charge in [-0.2, -0.15) is 4.89 Å². The monoisotopic (exact) mass is 442 g/mol. The van der Waals surface area contributed by atoms with E-state index in [-0.39, 0.29) is 11.8 Å². The Labute approximate surface area is 192 Å². The number of piperidine rings is 1. The third-order valence-electron chi connectivity index (χ3n) is 6.34. The highest BCUT2D eigenvalue weighted by molar-refractivity contribution is 5.98. The fourth-order valence-electron chi connectivity index (χ4n) is 4.45. The quantitative estimate of drug-likeness (QED) is 0.475. The fraction of sp³-hybridized carbons (Fsp3) is 0.259. The van der Waals surface area contributed by atoms with Gasteiger partial charge in [0, 0.05) is 31.1 Å². The number of nitrogens with zero attached hydrogens (tertiary/aromatic N) is 1. The van der Waals surface area contributed by atoms with E-state index in [0.717, 1.165) is 45.2 Å². The van der Waals surface area contributed by atoms with Crippen molar-refractivity contribution in [3.8, 4) is 16.9 Å². The largest absolute Gasteiger partial charge is 0.481 e. The number of benzene rings is 3. The third-order valence-corrected chi connectivity index (χ3v) is 6.34. The number of carbonyl (C=O) groups excluding carboxylic acids is 1. The van der Waals surface area contributed by atoms with E-state index < -0.39 is 5.97 Å². The van der Waals surface area contributed by atoms with Crippen LogP contribution in [0.1, 0.15) is 24.0 Å². The van der Waals surface area contributed by atoms with Crippen LogP contribution in [0.4, 0.5) is 0 Å². The molecule has 1 fully saturated rings. The number of rotatable bonds is 4. The smallest absolute Gasteiger partial charge is 0.306 e. The van der Waals surface area contributed by atoms with Crippen molar-refractivity contribution in [3.63, 3.8) is 0 Å². The van der Waals surface area contributed by atoms with Gasteiger partial charge in [0.05, 0.1) is 12.5 Å². The van der Waals surface area contributed by atoms with E-state index in [1.165, 1.54) is 0 Å². The van der Waals surface area contributed by atoms with Gasteiger partial charge in [0.15, 0.2) is 5.75 Å². The van der Waals surface area contributed by atoms with Gasteiger partial charge in [-0.25, -0.2) is 0 Å². The highest BCUT2D eigenvalue weighted by atomic mass is 17.2. The molecule has 1 N–H and O–H groups in total. The Bertz CT molecular complexity index is 1240. The first-order valence-corrected chi connectivity index (χ1v) is 11.2. The van der Waals surface area contributed by atoms with Crippen LogP contribution < -0.4 is 4.89 Å². The van der Waals surface area contributed by atoms with Crippen molar-refractivity contribution >= 4 is 28.7 Å². The number of amides is 1. The zero-order chi connectivity index (χ0) is 22.8. The summed E-state index contributed by atoms with van der Waals surface area (Å²) in [5.74, 6) is -0.493. The summed E-state index contributed by atoms with van der Waals surface area (Å²) >= 11 is 0. The van der Waals surface area contributed by atoms with Crippen LogP contribution in [0, 0.1) is 12.0 Å². The molecule has 1 radical (unpaired) electrons. The summed E-state index contributed by atoms with van der Waals surface area (Å²) in [5, 5.41) is 11.2. The van der Waals surface area contributed by atoms with E-state index in [1.54, 1.807) is 11.0 Å². The Hall–Kier alpha value is -3.64. The molecule has 1 saturated heterocycles. The lowest BCUT2D eigenvalue weighted by atomic mass is 9.94. The van der Waals surface area contributed by atoms with Gasteiger partial charge in [0.1, 0.15) is 0 Å². The molecule has 0 atom stereocenters. The lowest BCUT2D eigenvalue weighted by Gasteiger charge is -2.29. The maximum atomic E-state index is 12.8. The molecule has 3 aromatic rings. The van der Waals surface area contributed by atoms with E-state index >= 15 is 0 Å². The molecule has 33 heavy (non-hydrogen) atoms. The molecular weight excluding hydrogens is 418 g/mol. The van der Waals surface area contributed by atoms with Gasteiger partial charge in [-0.05, 0) is 70.6 Å². The Morgan fingerprint density at radius 2 is 1.91 bits per heavy atom. The van der Waals surface area contributed by atoms with E-state index in [4.69, 9.17) is 14.9 Å². The van der Waals surface area contributed by atoms with E-state index in [9.17, 15) is 9.59 Å². The van der Waals surface area contributed by atoms with E-state index in [0.29, 0.717) is 32.5 Å². The van der Waals surface area contributed by atoms with Crippen molar-refractivity contribution in [3.05, 3.63) is 71.8 Å². The molecule has 3 aromatic carbocycles. The third kappa shape index (κ3) is 4.47. The Morgan fingerprint density at radius 3 is 2.73 bits per heavy atom. The zero-order valence-corrected chi connectivity index (χ0v) is 18.1. The van der Waals surface area contributed by atoms with Crippen LogP contribution in [0.5, 0.6) is 5.75 Å². The van der Waals surface area contributed by atoms with Crippen molar-refractivity contribution < 1.29 is 24.5 Å². The van der Waals surface area contributed by atoms with Crippen molar-refractivity contribution in [2.24, 2.45) is 5.92 Å². The Kier molecular flexibility index (Phi) is 5.84. The molecule has 0 spiro atoms. The highest BCUT2D eigenvalue weighted by Crippen LogP contribution is 2.32. The molecule has 2 aliphatic rings. The van der Waals surface area contributed by atoms with Gasteiger partial charge < -0.3 is 14.9 Å². The summed E-state index contributed by atoms with van der Waals surface area (Å²) in [6.07, 6.45) is 5.21. The molecule has 6 nitrogen and oxygen atoms in total. The molecular formula is C27H24NO5. The molecule has 0 aromatic heterocycles. The predicted octanol–water partition coefficient (Wildman–Crippen LogP) is 4.51. The van der Waals surface area contributed by atoms with Gasteiger partial charge in [-0.15, -0.1) is 0 Å². The van der Waals surface area contributed by atoms with E-state index in [2.05, 4.69) is 12.1 Å². The average molecular weight is 442 g/mol. The number of carboxylic acid groups (broad SMARTS) is 1. The summed E-state index contributed by atoms with van der Waals surface area (Å²) < 4.78 is 0. The minimum atomic E-state index is -0.779. The number of likely N-dealkylation sites (tertiary alicyclic amines) is 1. The van der Waals surface area contributed by atoms with Crippen LogP contribution in [-0.2, 0) is 20.9 Å². The van der Waals surface area contributed by atoms with Crippen LogP contribution in [0.3, 0.4) is 0 Å². The van der Waals surface area contributed by atoms with Crippen LogP contribution >= 0.6 is 0 Å². The van der Waals surface area contributed by atoms with Crippen molar-refractivity contribution in [2.45, 2.75) is 19.3 Å². The van der Waals surface area contributed by atoms with Gasteiger partial charge >= 0.3 is 5.97 Å². The lowest BCUT2D eigenvalue weighted by Crippen LogP contribution is -2.39. The second kappa shape index (κ2) is 9.08. The summed E-state index contributed by atoms with van der Waals surface area (Å²) in [5.41, 5.74) is 4.00. The number of fused-ring (bicyclic) bond motifs is 2. The second-order valence-electron chi connectivity index (χ2n) is 8.43. The first-order valence-electron chi connectivity index (χ1n) is 11.2. The Morgan fingerprint density at radius 1 is 1.09 bits per heavy atom. The summed E-state index contributed by atoms with van der Waals surface area (Å²) in [6.45, 7) is 1.46. The minimum Gasteiger partial charge on any atom is -0.481 e. The van der Waals surface area contributed by atoms with Gasteiger partial charge in [-0.1, -0.05) is 30.3 Å². The number of hydrogen-bond donors (Lipinski definition) is 1. The maximum Gasteiger partial charge on any atom is 0.306 e. The van der Waals surface area contributed by atoms with Crippen molar-refractivity contribution in [1.29, 1.82) is 0 Å². The summed E-state index contributed by atoms with van der Waals surface area (Å²) in [4.78, 5) is 36.0. The predicted molar refractivity (Wildman–Crippen MR) is 124 cm³/mol. The maximum absolute atomic E-state index is 12.8. The van der Waals surface area contributed by atoms with Gasteiger partial charge in [-0.3, -0.25) is 9.59 Å². The first kappa shape index (κ1) is 21.2. The molecule has 0 saturated carbocycles. The van der Waals surface area contributed by atoms with Crippen LogP contribution in [0.15, 0.2) is 54.6 Å². The van der Waals surface area contributed by atoms with Crippen LogP contribution in [0.25, 0.3) is 28.0 Å². The summed E-state index contributed by atoms with van der Waals surface area (Å²) in [6, 6.07) is 19.5. The van der Waals surface area contributed by atoms with Crippen molar-refractivity contribution in [2.75, 3.05) is 19.7 Å². The van der Waals surface area contributed by atoms with Crippen LogP contribution in [0.2, 0.25) is 0 Å². The lowest BCUT2D eigenvalue weighted by molar-refractivity contribution is -0.215. The van der Waals surface area contributed by atoms with Crippen LogP contribution in [-0.4, -0.2) is 41.6 Å². The molecule has 0 unspecified atom stereocenters. The number of hydrogen-bond acceptors (Lipinski definition) is 4. The second-order valence-corrected chi connectivity index (χ2v) is 8.43. The molecule has 167 valence electrons. The summed E-state index contributed by atoms with van der Waals surface area (Å²) in [7, 11) is 0. The van der Waals surface area contributed by atoms with Gasteiger partial charge in [0.2, 0.25) is 5.91 Å². The highest BCUT2D eigenvalue weighted by Gasteiger charge is 2.26. The molecule has 0 aliphatic carbocycles. The molecule has 2 aliphatic heterocycles. The fourth-order valence-corrected chi connectivity index (χ4v) is 4.45. The van der Waals surface area contributed by atoms with Crippen molar-refractivity contribution in [1.82, 2.24) is 4.90 Å². The average Bonchev–Trinajstić information content (AvgIpc) is 2.86. The SMILES string of the molecule is O=C(O)C1CCN(C(=O)/C=C/c2cc(-c3ccc4c(c3)CCOO4)[c]c3ccccc23)CC1. The van der Waals surface area contributed by atoms with E-state index in [1.807, 2.05) is 48.5 Å². The number of carboxylic acids is 1. The number of aliphatic carboxylic acids is 1. The molecule has 5 rings (SSSR count). The standard InChI is InChI=1S/C27H24NO5/c29-26(28-12-9-18(10-13-28)27(30)31)8-6-21-17-23(16-20-3-1-2-4-24(20)21)19-5-7-25-22(15-19)11-14-32-33-25/h1-8,15,17-18H,9-14H2,(H,30,31)/b8-6+. The molecule has 6 heteroatoms. The van der Waals surface area contributed by atoms with Gasteiger partial charge in [0.25, 0.3) is 0 Å². The first-order chi connectivity index (χ1) is 16.1. The molecule has 2 heterocycles. The molecule has 1 amide bonds. The zero-order valence-electron chi connectivity index (χ0n) is 18.1. The Balaban J connectivity index is 1.43. The normalized spacial score (nSPS) is 16.5. The minimum absolute atomic E-state index is 0.0942. The number of carbonyl (C=O) groups is 2.